The van der Waals surface area contributed by atoms with Crippen LogP contribution in [0.2, 0.25) is 0 Å². The number of nitrogens with one attached hydrogen (secondary N) is 1. The van der Waals surface area contributed by atoms with Gasteiger partial charge >= 0.3 is 0 Å². The summed E-state index contributed by atoms with van der Waals surface area (Å²) in [7, 11) is -4.15. The number of anilines is 1. The Bertz CT molecular complexity index is 1560. The van der Waals surface area contributed by atoms with Crippen molar-refractivity contribution in [3.05, 3.63) is 125 Å². The molecule has 2 atom stereocenters. The molecule has 0 saturated heterocycles. The van der Waals surface area contributed by atoms with Crippen LogP contribution in [0.5, 0.6) is 0 Å². The second kappa shape index (κ2) is 11.0. The maximum atomic E-state index is 13.8. The number of amides is 1. The SMILES string of the molecule is O=C(Nc1ccc(S(=O)(=O)N(Cc2ccc(F)cc2)Cc2cc(F)cc(F)c2)cc1)C1CC1c1ccncc1. The number of rotatable bonds is 9. The van der Waals surface area contributed by atoms with Gasteiger partial charge in [-0.25, -0.2) is 21.6 Å². The van der Waals surface area contributed by atoms with Gasteiger partial charge in [-0.2, -0.15) is 4.31 Å². The van der Waals surface area contributed by atoms with Gasteiger partial charge < -0.3 is 5.32 Å². The van der Waals surface area contributed by atoms with E-state index in [0.717, 1.165) is 28.4 Å². The summed E-state index contributed by atoms with van der Waals surface area (Å²) in [6, 6.07) is 17.6. The highest BCUT2D eigenvalue weighted by Crippen LogP contribution is 2.47. The summed E-state index contributed by atoms with van der Waals surface area (Å²) < 4.78 is 69.3. The topological polar surface area (TPSA) is 79.4 Å². The molecule has 0 radical (unpaired) electrons. The first kappa shape index (κ1) is 26.6. The van der Waals surface area contributed by atoms with Crippen molar-refractivity contribution in [2.45, 2.75) is 30.3 Å². The first-order valence-corrected chi connectivity index (χ1v) is 13.6. The summed E-state index contributed by atoms with van der Waals surface area (Å²) in [5.74, 6) is -2.33. The number of halogens is 3. The normalized spacial score (nSPS) is 16.7. The van der Waals surface area contributed by atoms with Gasteiger partial charge in [-0.3, -0.25) is 9.78 Å². The van der Waals surface area contributed by atoms with E-state index in [4.69, 9.17) is 0 Å². The second-order valence-electron chi connectivity index (χ2n) is 9.42. The third kappa shape index (κ3) is 6.35. The van der Waals surface area contributed by atoms with Gasteiger partial charge in [0.2, 0.25) is 15.9 Å². The molecule has 0 aliphatic heterocycles. The van der Waals surface area contributed by atoms with Crippen molar-refractivity contribution in [2.75, 3.05) is 5.32 Å². The minimum atomic E-state index is -4.15. The quantitative estimate of drug-likeness (QED) is 0.292. The molecule has 3 aromatic carbocycles. The summed E-state index contributed by atoms with van der Waals surface area (Å²) in [6.07, 6.45) is 4.10. The van der Waals surface area contributed by atoms with Gasteiger partial charge in [0.25, 0.3) is 0 Å². The highest BCUT2D eigenvalue weighted by atomic mass is 32.2. The lowest BCUT2D eigenvalue weighted by Gasteiger charge is -2.23. The van der Waals surface area contributed by atoms with Gasteiger partial charge in [-0.1, -0.05) is 12.1 Å². The maximum absolute atomic E-state index is 13.8. The zero-order valence-corrected chi connectivity index (χ0v) is 21.4. The number of carbonyl (C=O) groups excluding carboxylic acids is 1. The van der Waals surface area contributed by atoms with Gasteiger partial charge in [0.05, 0.1) is 4.90 Å². The molecule has 6 nitrogen and oxygen atoms in total. The number of aromatic nitrogens is 1. The molecule has 1 fully saturated rings. The van der Waals surface area contributed by atoms with E-state index in [0.29, 0.717) is 17.3 Å². The molecule has 1 heterocycles. The summed E-state index contributed by atoms with van der Waals surface area (Å²) in [4.78, 5) is 16.6. The Labute approximate surface area is 224 Å². The molecule has 1 amide bonds. The number of sulfonamides is 1. The van der Waals surface area contributed by atoms with Gasteiger partial charge in [-0.15, -0.1) is 0 Å². The number of hydrogen-bond donors (Lipinski definition) is 1. The molecule has 1 aliphatic rings. The van der Waals surface area contributed by atoms with Crippen LogP contribution < -0.4 is 5.32 Å². The Balaban J connectivity index is 1.33. The highest BCUT2D eigenvalue weighted by molar-refractivity contribution is 7.89. The van der Waals surface area contributed by atoms with Crippen molar-refractivity contribution in [1.82, 2.24) is 9.29 Å². The molecule has 1 aliphatic carbocycles. The smallest absolute Gasteiger partial charge is 0.243 e. The highest BCUT2D eigenvalue weighted by Gasteiger charge is 2.43. The molecule has 39 heavy (non-hydrogen) atoms. The minimum absolute atomic E-state index is 0.0689. The second-order valence-corrected chi connectivity index (χ2v) is 11.4. The lowest BCUT2D eigenvalue weighted by molar-refractivity contribution is -0.117. The molecule has 4 aromatic rings. The molecule has 2 unspecified atom stereocenters. The van der Waals surface area contributed by atoms with E-state index in [2.05, 4.69) is 10.3 Å². The number of benzene rings is 3. The molecular formula is C29H24F3N3O3S. The summed E-state index contributed by atoms with van der Waals surface area (Å²) in [5.41, 5.74) is 2.10. The van der Waals surface area contributed by atoms with Gasteiger partial charge in [-0.05, 0) is 89.7 Å². The molecule has 1 aromatic heterocycles. The fourth-order valence-electron chi connectivity index (χ4n) is 4.48. The largest absolute Gasteiger partial charge is 0.326 e. The Morgan fingerprint density at radius 3 is 2.08 bits per heavy atom. The van der Waals surface area contributed by atoms with Crippen molar-refractivity contribution in [3.8, 4) is 0 Å². The Morgan fingerprint density at radius 2 is 1.44 bits per heavy atom. The monoisotopic (exact) mass is 551 g/mol. The molecule has 1 N–H and O–H groups in total. The van der Waals surface area contributed by atoms with Crippen LogP contribution >= 0.6 is 0 Å². The van der Waals surface area contributed by atoms with Gasteiger partial charge in [0, 0.05) is 43.2 Å². The molecular weight excluding hydrogens is 527 g/mol. The lowest BCUT2D eigenvalue weighted by atomic mass is 10.1. The number of hydrogen-bond acceptors (Lipinski definition) is 4. The molecule has 1 saturated carbocycles. The zero-order chi connectivity index (χ0) is 27.6. The van der Waals surface area contributed by atoms with Crippen LogP contribution in [0, 0.1) is 23.4 Å². The predicted molar refractivity (Wildman–Crippen MR) is 139 cm³/mol. The van der Waals surface area contributed by atoms with E-state index in [1.807, 2.05) is 12.1 Å². The molecule has 200 valence electrons. The third-order valence-corrected chi connectivity index (χ3v) is 8.38. The van der Waals surface area contributed by atoms with E-state index in [1.54, 1.807) is 12.4 Å². The maximum Gasteiger partial charge on any atom is 0.243 e. The van der Waals surface area contributed by atoms with Crippen molar-refractivity contribution in [2.24, 2.45) is 5.92 Å². The van der Waals surface area contributed by atoms with Crippen molar-refractivity contribution >= 4 is 21.6 Å². The van der Waals surface area contributed by atoms with E-state index in [1.165, 1.54) is 48.5 Å². The van der Waals surface area contributed by atoms with Crippen molar-refractivity contribution in [1.29, 1.82) is 0 Å². The van der Waals surface area contributed by atoms with Crippen LogP contribution in [0.1, 0.15) is 29.0 Å². The van der Waals surface area contributed by atoms with Crippen LogP contribution in [-0.4, -0.2) is 23.6 Å². The summed E-state index contributed by atoms with van der Waals surface area (Å²) in [5, 5.41) is 2.83. The predicted octanol–water partition coefficient (Wildman–Crippen LogP) is 5.63. The fraction of sp³-hybridized carbons (Fsp3) is 0.172. The van der Waals surface area contributed by atoms with Crippen molar-refractivity contribution in [3.63, 3.8) is 0 Å². The van der Waals surface area contributed by atoms with E-state index < -0.39 is 27.5 Å². The Hall–Kier alpha value is -4.02. The number of nitrogens with zero attached hydrogens (tertiary/aromatic N) is 2. The van der Waals surface area contributed by atoms with Gasteiger partial charge in [0.15, 0.2) is 0 Å². The van der Waals surface area contributed by atoms with Crippen LogP contribution in [0.4, 0.5) is 18.9 Å². The van der Waals surface area contributed by atoms with Gasteiger partial charge in [0.1, 0.15) is 17.5 Å². The van der Waals surface area contributed by atoms with E-state index in [9.17, 15) is 26.4 Å². The average molecular weight is 552 g/mol. The summed E-state index contributed by atoms with van der Waals surface area (Å²) in [6.45, 7) is -0.470. The van der Waals surface area contributed by atoms with Crippen LogP contribution in [0.25, 0.3) is 0 Å². The summed E-state index contributed by atoms with van der Waals surface area (Å²) >= 11 is 0. The zero-order valence-electron chi connectivity index (χ0n) is 20.6. The van der Waals surface area contributed by atoms with E-state index in [-0.39, 0.29) is 41.3 Å². The fourth-order valence-corrected chi connectivity index (χ4v) is 5.90. The van der Waals surface area contributed by atoms with Crippen molar-refractivity contribution < 1.29 is 26.4 Å². The lowest BCUT2D eigenvalue weighted by Crippen LogP contribution is -2.30. The minimum Gasteiger partial charge on any atom is -0.326 e. The Kier molecular flexibility index (Phi) is 7.49. The first-order chi connectivity index (χ1) is 18.7. The van der Waals surface area contributed by atoms with Crippen LogP contribution in [0.15, 0.2) is 96.2 Å². The number of pyridine rings is 1. The molecule has 5 rings (SSSR count). The average Bonchev–Trinajstić information content (AvgIpc) is 3.71. The Morgan fingerprint density at radius 1 is 0.821 bits per heavy atom. The molecule has 10 heteroatoms. The van der Waals surface area contributed by atoms with Crippen LogP contribution in [-0.2, 0) is 27.9 Å². The molecule has 0 bridgehead atoms. The number of carbonyl (C=O) groups is 1. The van der Waals surface area contributed by atoms with Crippen LogP contribution in [0.3, 0.4) is 0 Å². The third-order valence-electron chi connectivity index (χ3n) is 6.57. The molecule has 0 spiro atoms. The standard InChI is InChI=1S/C29H24F3N3O3S/c30-22-3-1-19(2-4-22)17-35(18-20-13-23(31)15-24(32)14-20)39(37,38)26-7-5-25(6-8-26)34-29(36)28-16-27(28)21-9-11-33-12-10-21/h1-15,27-28H,16-18H2,(H,34,36). The van der Waals surface area contributed by atoms with E-state index >= 15 is 0 Å². The first-order valence-electron chi connectivity index (χ1n) is 12.2.